The molecule has 5 rings (SSSR count). The molecule has 4 aromatic carbocycles. The van der Waals surface area contributed by atoms with Gasteiger partial charge in [-0.2, -0.15) is 0 Å². The molecular weight excluding hydrogens is 372 g/mol. The zero-order chi connectivity index (χ0) is 20.5. The number of benzene rings is 4. The van der Waals surface area contributed by atoms with E-state index in [1.165, 1.54) is 0 Å². The Bertz CT molecular complexity index is 1360. The number of rotatable bonds is 4. The van der Waals surface area contributed by atoms with Gasteiger partial charge in [-0.1, -0.05) is 54.6 Å². The number of carbonyl (C=O) groups excluding carboxylic acids is 1. The van der Waals surface area contributed by atoms with E-state index in [9.17, 15) is 4.79 Å². The van der Waals surface area contributed by atoms with Crippen molar-refractivity contribution in [2.45, 2.75) is 13.5 Å². The summed E-state index contributed by atoms with van der Waals surface area (Å²) >= 11 is 0. The average Bonchev–Trinajstić information content (AvgIpc) is 3.20. The van der Waals surface area contributed by atoms with Gasteiger partial charge in [0, 0.05) is 17.7 Å². The molecule has 0 bridgehead atoms. The molecule has 5 aromatic rings. The molecule has 0 saturated heterocycles. The lowest BCUT2D eigenvalue weighted by Gasteiger charge is -2.08. The van der Waals surface area contributed by atoms with E-state index < -0.39 is 0 Å². The van der Waals surface area contributed by atoms with Crippen molar-refractivity contribution in [1.82, 2.24) is 10.3 Å². The Morgan fingerprint density at radius 1 is 0.933 bits per heavy atom. The second kappa shape index (κ2) is 7.48. The molecule has 1 N–H and O–H groups in total. The molecule has 4 nitrogen and oxygen atoms in total. The Labute approximate surface area is 174 Å². The topological polar surface area (TPSA) is 55.1 Å². The number of fused-ring (bicyclic) bond motifs is 2. The fraction of sp³-hybridized carbons (Fsp3) is 0.0769. The molecule has 0 spiro atoms. The van der Waals surface area contributed by atoms with E-state index in [2.05, 4.69) is 10.3 Å². The van der Waals surface area contributed by atoms with Crippen LogP contribution in [0.5, 0.6) is 0 Å². The van der Waals surface area contributed by atoms with Crippen LogP contribution in [0.15, 0.2) is 89.3 Å². The van der Waals surface area contributed by atoms with Crippen LogP contribution in [0.4, 0.5) is 0 Å². The molecule has 1 aromatic heterocycles. The quantitative estimate of drug-likeness (QED) is 0.415. The summed E-state index contributed by atoms with van der Waals surface area (Å²) in [6.07, 6.45) is 0. The summed E-state index contributed by atoms with van der Waals surface area (Å²) in [5, 5.41) is 5.03. The third kappa shape index (κ3) is 3.44. The number of carbonyl (C=O) groups is 1. The first kappa shape index (κ1) is 18.1. The van der Waals surface area contributed by atoms with Crippen LogP contribution in [0.3, 0.4) is 0 Å². The zero-order valence-corrected chi connectivity index (χ0v) is 16.6. The summed E-state index contributed by atoms with van der Waals surface area (Å²) in [4.78, 5) is 17.3. The highest BCUT2D eigenvalue weighted by molar-refractivity contribution is 6.06. The van der Waals surface area contributed by atoms with E-state index >= 15 is 0 Å². The maximum absolute atomic E-state index is 12.7. The molecular formula is C26H20N2O2. The van der Waals surface area contributed by atoms with E-state index in [-0.39, 0.29) is 5.91 Å². The van der Waals surface area contributed by atoms with E-state index in [0.29, 0.717) is 18.0 Å². The Balaban J connectivity index is 1.31. The van der Waals surface area contributed by atoms with E-state index in [1.807, 2.05) is 91.9 Å². The molecule has 0 atom stereocenters. The molecule has 1 amide bonds. The lowest BCUT2D eigenvalue weighted by atomic mass is 10.0. The fourth-order valence-electron chi connectivity index (χ4n) is 3.62. The molecule has 4 heteroatoms. The molecule has 0 unspecified atom stereocenters. The number of nitrogens with zero attached hydrogens (tertiary/aromatic N) is 1. The minimum atomic E-state index is -0.0785. The van der Waals surface area contributed by atoms with Crippen molar-refractivity contribution in [2.75, 3.05) is 0 Å². The van der Waals surface area contributed by atoms with Crippen molar-refractivity contribution in [3.05, 3.63) is 102 Å². The Kier molecular flexibility index (Phi) is 4.52. The van der Waals surface area contributed by atoms with Gasteiger partial charge in [-0.25, -0.2) is 4.98 Å². The predicted octanol–water partition coefficient (Wildman–Crippen LogP) is 5.89. The summed E-state index contributed by atoms with van der Waals surface area (Å²) in [6.45, 7) is 2.48. The van der Waals surface area contributed by atoms with Crippen molar-refractivity contribution in [3.63, 3.8) is 0 Å². The summed E-state index contributed by atoms with van der Waals surface area (Å²) in [5.74, 6) is 0.520. The first-order chi connectivity index (χ1) is 14.7. The monoisotopic (exact) mass is 392 g/mol. The van der Waals surface area contributed by atoms with Crippen LogP contribution in [-0.2, 0) is 6.54 Å². The van der Waals surface area contributed by atoms with Crippen LogP contribution < -0.4 is 5.32 Å². The SMILES string of the molecule is Cc1ccc2nc(-c3ccc(CNC(=O)c4cccc5ccccc45)cc3)oc2c1. The lowest BCUT2D eigenvalue weighted by Crippen LogP contribution is -2.22. The smallest absolute Gasteiger partial charge is 0.252 e. The lowest BCUT2D eigenvalue weighted by molar-refractivity contribution is 0.0952. The van der Waals surface area contributed by atoms with Gasteiger partial charge < -0.3 is 9.73 Å². The Morgan fingerprint density at radius 2 is 1.73 bits per heavy atom. The van der Waals surface area contributed by atoms with Gasteiger partial charge in [-0.05, 0) is 59.2 Å². The van der Waals surface area contributed by atoms with Crippen molar-refractivity contribution < 1.29 is 9.21 Å². The van der Waals surface area contributed by atoms with Crippen LogP contribution in [0.1, 0.15) is 21.5 Å². The zero-order valence-electron chi connectivity index (χ0n) is 16.6. The highest BCUT2D eigenvalue weighted by atomic mass is 16.3. The van der Waals surface area contributed by atoms with Crippen LogP contribution in [0, 0.1) is 6.92 Å². The third-order valence-corrected chi connectivity index (χ3v) is 5.23. The number of amides is 1. The normalized spacial score (nSPS) is 11.1. The standard InChI is InChI=1S/C26H20N2O2/c1-17-9-14-23-24(15-17)30-26(28-23)20-12-10-18(11-13-20)16-27-25(29)22-8-4-6-19-5-2-3-7-21(19)22/h2-15H,16H2,1H3,(H,27,29). The van der Waals surface area contributed by atoms with Crippen molar-refractivity contribution in [3.8, 4) is 11.5 Å². The number of hydrogen-bond donors (Lipinski definition) is 1. The number of oxazole rings is 1. The first-order valence-corrected chi connectivity index (χ1v) is 9.90. The second-order valence-electron chi connectivity index (χ2n) is 7.40. The van der Waals surface area contributed by atoms with Gasteiger partial charge in [-0.3, -0.25) is 4.79 Å². The van der Waals surface area contributed by atoms with Gasteiger partial charge in [-0.15, -0.1) is 0 Å². The molecule has 146 valence electrons. The maximum Gasteiger partial charge on any atom is 0.252 e. The van der Waals surface area contributed by atoms with Crippen molar-refractivity contribution in [2.24, 2.45) is 0 Å². The Hall–Kier alpha value is -3.92. The number of hydrogen-bond acceptors (Lipinski definition) is 3. The second-order valence-corrected chi connectivity index (χ2v) is 7.40. The van der Waals surface area contributed by atoms with Gasteiger partial charge in [0.2, 0.25) is 5.89 Å². The highest BCUT2D eigenvalue weighted by Gasteiger charge is 2.11. The summed E-state index contributed by atoms with van der Waals surface area (Å²) in [7, 11) is 0. The summed E-state index contributed by atoms with van der Waals surface area (Å²) < 4.78 is 5.89. The fourth-order valence-corrected chi connectivity index (χ4v) is 3.62. The van der Waals surface area contributed by atoms with Crippen molar-refractivity contribution >= 4 is 27.8 Å². The molecule has 0 radical (unpaired) electrons. The number of aryl methyl sites for hydroxylation is 1. The number of aromatic nitrogens is 1. The molecule has 30 heavy (non-hydrogen) atoms. The van der Waals surface area contributed by atoms with Gasteiger partial charge in [0.05, 0.1) is 0 Å². The van der Waals surface area contributed by atoms with Gasteiger partial charge >= 0.3 is 0 Å². The van der Waals surface area contributed by atoms with E-state index in [1.54, 1.807) is 0 Å². The molecule has 0 fully saturated rings. The summed E-state index contributed by atoms with van der Waals surface area (Å²) in [6, 6.07) is 27.6. The maximum atomic E-state index is 12.7. The first-order valence-electron chi connectivity index (χ1n) is 9.90. The van der Waals surface area contributed by atoms with Gasteiger partial charge in [0.1, 0.15) is 5.52 Å². The predicted molar refractivity (Wildman–Crippen MR) is 119 cm³/mol. The molecule has 0 aliphatic heterocycles. The summed E-state index contributed by atoms with van der Waals surface area (Å²) in [5.41, 5.74) is 5.39. The largest absolute Gasteiger partial charge is 0.436 e. The van der Waals surface area contributed by atoms with Gasteiger partial charge in [0.25, 0.3) is 5.91 Å². The number of nitrogens with one attached hydrogen (secondary N) is 1. The van der Waals surface area contributed by atoms with E-state index in [0.717, 1.165) is 38.6 Å². The van der Waals surface area contributed by atoms with Crippen LogP contribution in [-0.4, -0.2) is 10.9 Å². The van der Waals surface area contributed by atoms with Crippen LogP contribution in [0.25, 0.3) is 33.3 Å². The highest BCUT2D eigenvalue weighted by Crippen LogP contribution is 2.25. The van der Waals surface area contributed by atoms with E-state index in [4.69, 9.17) is 4.42 Å². The molecule has 0 saturated carbocycles. The molecule has 0 aliphatic carbocycles. The average molecular weight is 392 g/mol. The van der Waals surface area contributed by atoms with Gasteiger partial charge in [0.15, 0.2) is 5.58 Å². The van der Waals surface area contributed by atoms with Crippen LogP contribution in [0.2, 0.25) is 0 Å². The third-order valence-electron chi connectivity index (χ3n) is 5.23. The Morgan fingerprint density at radius 3 is 2.60 bits per heavy atom. The minimum Gasteiger partial charge on any atom is -0.436 e. The van der Waals surface area contributed by atoms with Crippen molar-refractivity contribution in [1.29, 1.82) is 0 Å². The molecule has 1 heterocycles. The van der Waals surface area contributed by atoms with Crippen LogP contribution >= 0.6 is 0 Å². The molecule has 0 aliphatic rings. The minimum absolute atomic E-state index is 0.0785.